The van der Waals surface area contributed by atoms with Crippen LogP contribution in [0.2, 0.25) is 0 Å². The van der Waals surface area contributed by atoms with Crippen molar-refractivity contribution in [1.29, 1.82) is 0 Å². The Balaban J connectivity index is 2.03. The Morgan fingerprint density at radius 3 is 2.25 bits per heavy atom. The summed E-state index contributed by atoms with van der Waals surface area (Å²) >= 11 is 1.50. The second-order valence-electron chi connectivity index (χ2n) is 9.20. The van der Waals surface area contributed by atoms with Gasteiger partial charge in [0, 0.05) is 18.0 Å². The first-order chi connectivity index (χ1) is 19.1. The third kappa shape index (κ3) is 7.79. The first-order valence-corrected chi connectivity index (χ1v) is 15.8. The lowest BCUT2D eigenvalue weighted by molar-refractivity contribution is -0.139. The Labute approximate surface area is 241 Å². The molecule has 0 bridgehead atoms. The van der Waals surface area contributed by atoms with E-state index in [2.05, 4.69) is 5.32 Å². The lowest BCUT2D eigenvalue weighted by Crippen LogP contribution is -2.51. The van der Waals surface area contributed by atoms with Crippen molar-refractivity contribution in [3.63, 3.8) is 0 Å². The highest BCUT2D eigenvalue weighted by atomic mass is 32.2. The van der Waals surface area contributed by atoms with Crippen LogP contribution in [0.3, 0.4) is 0 Å². The van der Waals surface area contributed by atoms with Crippen molar-refractivity contribution < 1.29 is 22.7 Å². The van der Waals surface area contributed by atoms with Crippen molar-refractivity contribution in [2.75, 3.05) is 30.3 Å². The number of ether oxygens (including phenoxy) is 1. The summed E-state index contributed by atoms with van der Waals surface area (Å²) in [5, 5.41) is 2.77. The molecule has 214 valence electrons. The number of rotatable bonds is 13. The van der Waals surface area contributed by atoms with Gasteiger partial charge >= 0.3 is 0 Å². The molecule has 0 aliphatic rings. The molecule has 1 atom stereocenters. The number of sulfonamides is 1. The number of carbonyl (C=O) groups excluding carboxylic acids is 2. The molecule has 0 spiro atoms. The van der Waals surface area contributed by atoms with Gasteiger partial charge in [0.15, 0.2) is 0 Å². The van der Waals surface area contributed by atoms with Gasteiger partial charge in [-0.3, -0.25) is 13.9 Å². The zero-order valence-corrected chi connectivity index (χ0v) is 25.2. The number of amides is 2. The first-order valence-electron chi connectivity index (χ1n) is 13.1. The van der Waals surface area contributed by atoms with Crippen molar-refractivity contribution in [3.8, 4) is 5.75 Å². The number of hydrogen-bond acceptors (Lipinski definition) is 6. The first kappa shape index (κ1) is 31.0. The zero-order chi connectivity index (χ0) is 29.3. The number of likely N-dealkylation sites (N-methyl/N-ethyl adjacent to an activating group) is 1. The van der Waals surface area contributed by atoms with E-state index >= 15 is 0 Å². The van der Waals surface area contributed by atoms with Crippen LogP contribution in [0.25, 0.3) is 0 Å². The predicted molar refractivity (Wildman–Crippen MR) is 160 cm³/mol. The summed E-state index contributed by atoms with van der Waals surface area (Å²) in [4.78, 5) is 29.2. The highest BCUT2D eigenvalue weighted by Gasteiger charge is 2.32. The van der Waals surface area contributed by atoms with E-state index in [1.54, 1.807) is 50.2 Å². The number of nitrogens with one attached hydrogen (secondary N) is 1. The molecule has 0 fully saturated rings. The number of anilines is 1. The second kappa shape index (κ2) is 14.2. The van der Waals surface area contributed by atoms with Gasteiger partial charge in [0.1, 0.15) is 18.3 Å². The summed E-state index contributed by atoms with van der Waals surface area (Å²) in [6.45, 7) is 7.80. The van der Waals surface area contributed by atoms with Crippen LogP contribution in [0.5, 0.6) is 5.75 Å². The second-order valence-corrected chi connectivity index (χ2v) is 11.9. The number of carbonyl (C=O) groups is 2. The summed E-state index contributed by atoms with van der Waals surface area (Å²) in [5.74, 6) is -0.227. The van der Waals surface area contributed by atoms with Crippen LogP contribution in [0, 0.1) is 6.92 Å². The van der Waals surface area contributed by atoms with Gasteiger partial charge in [0.05, 0.1) is 17.2 Å². The average molecular weight is 584 g/mol. The van der Waals surface area contributed by atoms with E-state index in [0.717, 1.165) is 20.3 Å². The van der Waals surface area contributed by atoms with Crippen molar-refractivity contribution >= 4 is 39.3 Å². The van der Waals surface area contributed by atoms with Crippen LogP contribution < -0.4 is 14.4 Å². The highest BCUT2D eigenvalue weighted by Crippen LogP contribution is 2.28. The van der Waals surface area contributed by atoms with Crippen molar-refractivity contribution in [3.05, 3.63) is 83.9 Å². The molecule has 10 heteroatoms. The molecular weight excluding hydrogens is 546 g/mol. The van der Waals surface area contributed by atoms with Crippen molar-refractivity contribution in [2.45, 2.75) is 50.1 Å². The standard InChI is InChI=1S/C30H37N3O5S2/c1-6-31-30(35)23(4)32(20-24-10-8-9-22(3)19-24)29(34)21-33(25-11-13-26(14-12-25)38-7-2)40(36,37)28-17-15-27(39-5)16-18-28/h8-19,23H,6-7,20-21H2,1-5H3,(H,31,35). The molecule has 1 N–H and O–H groups in total. The summed E-state index contributed by atoms with van der Waals surface area (Å²) in [5.41, 5.74) is 2.17. The minimum absolute atomic E-state index is 0.0639. The molecule has 1 unspecified atom stereocenters. The summed E-state index contributed by atoms with van der Waals surface area (Å²) < 4.78 is 34.5. The Kier molecular flexibility index (Phi) is 11.0. The molecule has 40 heavy (non-hydrogen) atoms. The smallest absolute Gasteiger partial charge is 0.264 e. The number of thioether (sulfide) groups is 1. The van der Waals surface area contributed by atoms with Crippen molar-refractivity contribution in [1.82, 2.24) is 10.2 Å². The van der Waals surface area contributed by atoms with Crippen LogP contribution in [0.4, 0.5) is 5.69 Å². The average Bonchev–Trinajstić information content (AvgIpc) is 2.95. The van der Waals surface area contributed by atoms with Gasteiger partial charge in [-0.15, -0.1) is 11.8 Å². The molecule has 0 aromatic heterocycles. The molecule has 8 nitrogen and oxygen atoms in total. The van der Waals surface area contributed by atoms with Gasteiger partial charge in [0.25, 0.3) is 10.0 Å². The quantitative estimate of drug-likeness (QED) is 0.289. The van der Waals surface area contributed by atoms with E-state index in [1.165, 1.54) is 28.8 Å². The lowest BCUT2D eigenvalue weighted by Gasteiger charge is -2.32. The predicted octanol–water partition coefficient (Wildman–Crippen LogP) is 4.86. The Morgan fingerprint density at radius 1 is 1.00 bits per heavy atom. The largest absolute Gasteiger partial charge is 0.494 e. The van der Waals surface area contributed by atoms with E-state index in [-0.39, 0.29) is 17.3 Å². The van der Waals surface area contributed by atoms with E-state index in [4.69, 9.17) is 4.74 Å². The fourth-order valence-electron chi connectivity index (χ4n) is 4.19. The number of hydrogen-bond donors (Lipinski definition) is 1. The number of nitrogens with zero attached hydrogens (tertiary/aromatic N) is 2. The highest BCUT2D eigenvalue weighted by molar-refractivity contribution is 7.98. The molecule has 3 aromatic carbocycles. The van der Waals surface area contributed by atoms with Crippen LogP contribution in [-0.2, 0) is 26.2 Å². The van der Waals surface area contributed by atoms with E-state index in [0.29, 0.717) is 24.6 Å². The van der Waals surface area contributed by atoms with Gasteiger partial charge in [0.2, 0.25) is 11.8 Å². The minimum atomic E-state index is -4.13. The van der Waals surface area contributed by atoms with E-state index in [9.17, 15) is 18.0 Å². The van der Waals surface area contributed by atoms with E-state index in [1.807, 2.05) is 44.4 Å². The monoisotopic (exact) mass is 583 g/mol. The minimum Gasteiger partial charge on any atom is -0.494 e. The maximum absolute atomic E-state index is 13.9. The summed E-state index contributed by atoms with van der Waals surface area (Å²) in [6.07, 6.45) is 1.91. The van der Waals surface area contributed by atoms with Crippen LogP contribution in [0.1, 0.15) is 31.9 Å². The summed E-state index contributed by atoms with van der Waals surface area (Å²) in [6, 6.07) is 20.0. The molecule has 3 aromatic rings. The molecule has 3 rings (SSSR count). The molecule has 0 saturated carbocycles. The molecule has 0 heterocycles. The third-order valence-electron chi connectivity index (χ3n) is 6.32. The van der Waals surface area contributed by atoms with Gasteiger partial charge < -0.3 is 15.0 Å². The SMILES string of the molecule is CCNC(=O)C(C)N(Cc1cccc(C)c1)C(=O)CN(c1ccc(OCC)cc1)S(=O)(=O)c1ccc(SC)cc1. The molecule has 0 aliphatic carbocycles. The van der Waals surface area contributed by atoms with Gasteiger partial charge in [-0.05, 0) is 88.0 Å². The van der Waals surface area contributed by atoms with Gasteiger partial charge in [-0.1, -0.05) is 29.8 Å². The van der Waals surface area contributed by atoms with Crippen LogP contribution >= 0.6 is 11.8 Å². The van der Waals surface area contributed by atoms with E-state index < -0.39 is 28.5 Å². The third-order valence-corrected chi connectivity index (χ3v) is 8.85. The Hall–Kier alpha value is -3.50. The Morgan fingerprint density at radius 2 is 1.68 bits per heavy atom. The normalized spacial score (nSPS) is 11.9. The van der Waals surface area contributed by atoms with Gasteiger partial charge in [-0.2, -0.15) is 0 Å². The Bertz CT molecular complexity index is 1390. The van der Waals surface area contributed by atoms with Crippen LogP contribution in [-0.4, -0.2) is 57.1 Å². The fraction of sp³-hybridized carbons (Fsp3) is 0.333. The molecule has 0 saturated heterocycles. The fourth-order valence-corrected chi connectivity index (χ4v) is 6.01. The molecule has 2 amide bonds. The maximum atomic E-state index is 13.9. The topological polar surface area (TPSA) is 96.0 Å². The lowest BCUT2D eigenvalue weighted by atomic mass is 10.1. The zero-order valence-electron chi connectivity index (χ0n) is 23.6. The summed E-state index contributed by atoms with van der Waals surface area (Å²) in [7, 11) is -4.13. The molecular formula is C30H37N3O5S2. The molecule has 0 radical (unpaired) electrons. The van der Waals surface area contributed by atoms with Crippen molar-refractivity contribution in [2.24, 2.45) is 0 Å². The van der Waals surface area contributed by atoms with Gasteiger partial charge in [-0.25, -0.2) is 8.42 Å². The van der Waals surface area contributed by atoms with Crippen LogP contribution in [0.15, 0.2) is 82.6 Å². The number of aryl methyl sites for hydroxylation is 1. The maximum Gasteiger partial charge on any atom is 0.264 e. The molecule has 0 aliphatic heterocycles. The number of benzene rings is 3.